The van der Waals surface area contributed by atoms with E-state index in [9.17, 15) is 18.7 Å². The van der Waals surface area contributed by atoms with E-state index in [1.807, 2.05) is 0 Å². The summed E-state index contributed by atoms with van der Waals surface area (Å²) in [4.78, 5) is 20.4. The molecule has 0 spiro atoms. The van der Waals surface area contributed by atoms with Crippen LogP contribution in [0.3, 0.4) is 0 Å². The van der Waals surface area contributed by atoms with Crippen LogP contribution in [-0.4, -0.2) is 32.7 Å². The van der Waals surface area contributed by atoms with Crippen LogP contribution in [-0.2, 0) is 5.79 Å². The molecule has 2 aromatic heterocycles. The van der Waals surface area contributed by atoms with Crippen molar-refractivity contribution in [2.75, 3.05) is 6.61 Å². The Labute approximate surface area is 158 Å². The number of pyridine rings is 1. The average molecular weight is 389 g/mol. The molecule has 28 heavy (non-hydrogen) atoms. The van der Waals surface area contributed by atoms with Gasteiger partial charge in [-0.05, 0) is 37.3 Å². The molecule has 2 heterocycles. The maximum Gasteiger partial charge on any atom is 0.251 e. The number of aliphatic hydroxyl groups is 1. The molecule has 0 fully saturated rings. The van der Waals surface area contributed by atoms with Gasteiger partial charge in [0.25, 0.3) is 11.8 Å². The van der Waals surface area contributed by atoms with E-state index in [2.05, 4.69) is 20.4 Å². The van der Waals surface area contributed by atoms with Crippen molar-refractivity contribution in [3.05, 3.63) is 65.4 Å². The third kappa shape index (κ3) is 4.35. The van der Waals surface area contributed by atoms with Crippen LogP contribution >= 0.6 is 0 Å². The first-order valence-electron chi connectivity index (χ1n) is 8.23. The summed E-state index contributed by atoms with van der Waals surface area (Å²) in [6, 6.07) is 6.84. The van der Waals surface area contributed by atoms with E-state index >= 15 is 0 Å². The highest BCUT2D eigenvalue weighted by Crippen LogP contribution is 2.22. The van der Waals surface area contributed by atoms with Crippen LogP contribution in [0.1, 0.15) is 34.8 Å². The number of nitrogens with two attached hydrogens (primary N) is 1. The fourth-order valence-corrected chi connectivity index (χ4v) is 2.32. The number of hydrogen-bond donors (Lipinski definition) is 3. The lowest BCUT2D eigenvalue weighted by atomic mass is 10.1. The minimum absolute atomic E-state index is 0.0482. The van der Waals surface area contributed by atoms with E-state index in [4.69, 9.17) is 10.3 Å². The Hall–Kier alpha value is -3.24. The number of benzene rings is 1. The van der Waals surface area contributed by atoms with E-state index in [1.165, 1.54) is 37.4 Å². The lowest BCUT2D eigenvalue weighted by Crippen LogP contribution is -2.31. The Kier molecular flexibility index (Phi) is 5.43. The lowest BCUT2D eigenvalue weighted by molar-refractivity contribution is 0.0901. The van der Waals surface area contributed by atoms with Crippen LogP contribution in [0.2, 0.25) is 0 Å². The monoisotopic (exact) mass is 389 g/mol. The number of halogens is 2. The molecule has 1 aromatic carbocycles. The Morgan fingerprint density at radius 3 is 2.61 bits per heavy atom. The van der Waals surface area contributed by atoms with Gasteiger partial charge in [0.15, 0.2) is 5.79 Å². The average Bonchev–Trinajstić information content (AvgIpc) is 3.16. The Bertz CT molecular complexity index is 953. The molecule has 10 heteroatoms. The van der Waals surface area contributed by atoms with Gasteiger partial charge in [-0.1, -0.05) is 11.2 Å². The van der Waals surface area contributed by atoms with Crippen molar-refractivity contribution in [1.29, 1.82) is 0 Å². The molecule has 8 nitrogen and oxygen atoms in total. The molecular weight excluding hydrogens is 372 g/mol. The smallest absolute Gasteiger partial charge is 0.251 e. The predicted molar refractivity (Wildman–Crippen MR) is 93.9 cm³/mol. The van der Waals surface area contributed by atoms with Crippen LogP contribution in [0.25, 0.3) is 11.5 Å². The second-order valence-electron chi connectivity index (χ2n) is 6.18. The molecule has 146 valence electrons. The van der Waals surface area contributed by atoms with Crippen molar-refractivity contribution < 1.29 is 23.2 Å². The molecule has 3 aromatic rings. The highest BCUT2D eigenvalue weighted by molar-refractivity contribution is 5.94. The molecule has 4 N–H and O–H groups in total. The summed E-state index contributed by atoms with van der Waals surface area (Å²) in [6.07, 6.45) is 1.26. The molecule has 0 aliphatic heterocycles. The summed E-state index contributed by atoms with van der Waals surface area (Å²) in [5.41, 5.74) is 6.04. The van der Waals surface area contributed by atoms with Crippen LogP contribution in [0.5, 0.6) is 0 Å². The number of nitrogens with zero attached hydrogens (tertiary/aromatic N) is 3. The zero-order valence-corrected chi connectivity index (χ0v) is 14.8. The van der Waals surface area contributed by atoms with Crippen LogP contribution < -0.4 is 11.1 Å². The minimum Gasteiger partial charge on any atom is -0.394 e. The highest BCUT2D eigenvalue weighted by Gasteiger charge is 2.23. The topological polar surface area (TPSA) is 127 Å². The van der Waals surface area contributed by atoms with Gasteiger partial charge in [-0.2, -0.15) is 4.98 Å². The number of carbonyl (C=O) groups is 1. The van der Waals surface area contributed by atoms with Crippen LogP contribution in [0.15, 0.2) is 47.1 Å². The fourth-order valence-electron chi connectivity index (χ4n) is 2.32. The van der Waals surface area contributed by atoms with Crippen molar-refractivity contribution in [3.8, 4) is 11.5 Å². The molecule has 0 saturated heterocycles. The maximum atomic E-state index is 13.7. The SMILES string of the molecule is CC(N)(F)c1ccc(-c2noc([C@H](CO)NC(=O)c3ccc(F)cc3)n2)nc1. The van der Waals surface area contributed by atoms with Crippen molar-refractivity contribution in [2.45, 2.75) is 18.8 Å². The third-order valence-corrected chi connectivity index (χ3v) is 3.89. The molecule has 1 amide bonds. The molecule has 0 aliphatic carbocycles. The van der Waals surface area contributed by atoms with Crippen LogP contribution in [0.4, 0.5) is 8.78 Å². The molecule has 1 unspecified atom stereocenters. The first-order valence-corrected chi connectivity index (χ1v) is 8.23. The predicted octanol–water partition coefficient (Wildman–Crippen LogP) is 1.83. The number of aromatic nitrogens is 3. The summed E-state index contributed by atoms with van der Waals surface area (Å²) >= 11 is 0. The van der Waals surface area contributed by atoms with Gasteiger partial charge in [0.1, 0.15) is 17.6 Å². The number of hydrogen-bond acceptors (Lipinski definition) is 7. The molecule has 0 saturated carbocycles. The summed E-state index contributed by atoms with van der Waals surface area (Å²) in [6.45, 7) is 0.695. The van der Waals surface area contributed by atoms with Gasteiger partial charge in [-0.3, -0.25) is 15.5 Å². The number of nitrogens with one attached hydrogen (secondary N) is 1. The Morgan fingerprint density at radius 2 is 2.04 bits per heavy atom. The lowest BCUT2D eigenvalue weighted by Gasteiger charge is -2.13. The van der Waals surface area contributed by atoms with Gasteiger partial charge in [0.2, 0.25) is 5.82 Å². The zero-order valence-electron chi connectivity index (χ0n) is 14.8. The molecule has 0 bridgehead atoms. The van der Waals surface area contributed by atoms with E-state index in [1.54, 1.807) is 0 Å². The van der Waals surface area contributed by atoms with E-state index in [0.717, 1.165) is 12.1 Å². The molecule has 2 atom stereocenters. The van der Waals surface area contributed by atoms with E-state index in [-0.39, 0.29) is 22.8 Å². The van der Waals surface area contributed by atoms with Crippen molar-refractivity contribution >= 4 is 5.91 Å². The second kappa shape index (κ2) is 7.79. The van der Waals surface area contributed by atoms with Crippen molar-refractivity contribution in [1.82, 2.24) is 20.4 Å². The summed E-state index contributed by atoms with van der Waals surface area (Å²) < 4.78 is 31.7. The molecule has 0 radical (unpaired) electrons. The maximum absolute atomic E-state index is 13.7. The van der Waals surface area contributed by atoms with Gasteiger partial charge in [0, 0.05) is 17.3 Å². The van der Waals surface area contributed by atoms with Gasteiger partial charge < -0.3 is 14.9 Å². The first-order chi connectivity index (χ1) is 13.3. The van der Waals surface area contributed by atoms with Gasteiger partial charge in [-0.25, -0.2) is 8.78 Å². The van der Waals surface area contributed by atoms with Gasteiger partial charge in [-0.15, -0.1) is 0 Å². The fraction of sp³-hybridized carbons (Fsp3) is 0.222. The van der Waals surface area contributed by atoms with Crippen molar-refractivity contribution in [2.24, 2.45) is 5.73 Å². The summed E-state index contributed by atoms with van der Waals surface area (Å²) in [5, 5.41) is 15.8. The first kappa shape index (κ1) is 19.5. The summed E-state index contributed by atoms with van der Waals surface area (Å²) in [5.74, 6) is -3.01. The quantitative estimate of drug-likeness (QED) is 0.549. The second-order valence-corrected chi connectivity index (χ2v) is 6.18. The van der Waals surface area contributed by atoms with Gasteiger partial charge >= 0.3 is 0 Å². The number of carbonyl (C=O) groups excluding carboxylic acids is 1. The third-order valence-electron chi connectivity index (χ3n) is 3.89. The largest absolute Gasteiger partial charge is 0.394 e. The standard InChI is InChI=1S/C18H17F2N5O3/c1-18(20,21)11-4-7-13(22-8-11)15-24-17(28-25-15)14(9-26)23-16(27)10-2-5-12(19)6-3-10/h2-8,14,26H,9,21H2,1H3,(H,23,27)/t14-,18?/m0/s1. The Balaban J connectivity index is 1.75. The van der Waals surface area contributed by atoms with E-state index in [0.29, 0.717) is 5.69 Å². The molecule has 3 rings (SSSR count). The number of alkyl halides is 1. The van der Waals surface area contributed by atoms with Gasteiger partial charge in [0.05, 0.1) is 6.61 Å². The highest BCUT2D eigenvalue weighted by atomic mass is 19.1. The summed E-state index contributed by atoms with van der Waals surface area (Å²) in [7, 11) is 0. The number of rotatable bonds is 6. The zero-order chi connectivity index (χ0) is 20.3. The Morgan fingerprint density at radius 1 is 1.32 bits per heavy atom. The number of aliphatic hydroxyl groups excluding tert-OH is 1. The van der Waals surface area contributed by atoms with E-state index < -0.39 is 30.2 Å². The van der Waals surface area contributed by atoms with Crippen molar-refractivity contribution in [3.63, 3.8) is 0 Å². The number of amides is 1. The molecule has 0 aliphatic rings. The van der Waals surface area contributed by atoms with Crippen LogP contribution in [0, 0.1) is 5.82 Å². The molecular formula is C18H17F2N5O3. The minimum atomic E-state index is -2.03. The normalized spacial score (nSPS) is 14.3.